The van der Waals surface area contributed by atoms with E-state index >= 15 is 0 Å². The van der Waals surface area contributed by atoms with Crippen molar-refractivity contribution in [3.8, 4) is 0 Å². The van der Waals surface area contributed by atoms with Gasteiger partial charge in [-0.3, -0.25) is 0 Å². The molecule has 0 amide bonds. The third kappa shape index (κ3) is 1.61. The number of thiophene rings is 1. The Kier molecular flexibility index (Phi) is 2.37. The summed E-state index contributed by atoms with van der Waals surface area (Å²) >= 11 is 1.60. The lowest BCUT2D eigenvalue weighted by Gasteiger charge is -2.02. The van der Waals surface area contributed by atoms with Crippen LogP contribution in [0, 0.1) is 0 Å². The van der Waals surface area contributed by atoms with E-state index in [1.165, 1.54) is 6.33 Å². The molecule has 0 spiro atoms. The summed E-state index contributed by atoms with van der Waals surface area (Å²) < 4.78 is 1.04. The first kappa shape index (κ1) is 8.40. The molecule has 2 N–H and O–H groups in total. The van der Waals surface area contributed by atoms with Gasteiger partial charge in [-0.05, 0) is 11.4 Å². The molecule has 2 rings (SSSR count). The second kappa shape index (κ2) is 3.68. The summed E-state index contributed by atoms with van der Waals surface area (Å²) in [6.07, 6.45) is 1.52. The Morgan fingerprint density at radius 1 is 1.46 bits per heavy atom. The van der Waals surface area contributed by atoms with Crippen LogP contribution in [-0.2, 0) is 0 Å². The van der Waals surface area contributed by atoms with Crippen molar-refractivity contribution in [2.75, 3.05) is 18.5 Å². The maximum atomic E-state index is 8.65. The van der Waals surface area contributed by atoms with E-state index in [0.29, 0.717) is 6.54 Å². The molecule has 0 aliphatic heterocycles. The lowest BCUT2D eigenvalue weighted by molar-refractivity contribution is 0.311. The lowest BCUT2D eigenvalue weighted by atomic mass is 10.4. The summed E-state index contributed by atoms with van der Waals surface area (Å²) in [5, 5.41) is 13.7. The van der Waals surface area contributed by atoms with Crippen molar-refractivity contribution in [1.29, 1.82) is 0 Å². The van der Waals surface area contributed by atoms with Crippen LogP contribution >= 0.6 is 11.3 Å². The topological polar surface area (TPSA) is 58.0 Å². The highest BCUT2D eigenvalue weighted by molar-refractivity contribution is 7.17. The van der Waals surface area contributed by atoms with Gasteiger partial charge in [-0.2, -0.15) is 0 Å². The number of rotatable bonds is 3. The number of aliphatic hydroxyl groups is 1. The molecule has 5 heteroatoms. The average Bonchev–Trinajstić information content (AvgIpc) is 2.62. The van der Waals surface area contributed by atoms with Gasteiger partial charge in [0.05, 0.1) is 16.8 Å². The predicted octanol–water partition coefficient (Wildman–Crippen LogP) is 1.10. The Labute approximate surface area is 79.3 Å². The molecule has 0 atom stereocenters. The first-order valence-electron chi connectivity index (χ1n) is 3.95. The van der Waals surface area contributed by atoms with E-state index in [0.717, 1.165) is 16.0 Å². The smallest absolute Gasteiger partial charge is 0.147 e. The average molecular weight is 195 g/mol. The molecule has 2 heterocycles. The summed E-state index contributed by atoms with van der Waals surface area (Å²) in [6, 6.07) is 1.95. The van der Waals surface area contributed by atoms with Crippen LogP contribution in [0.25, 0.3) is 10.2 Å². The first-order valence-corrected chi connectivity index (χ1v) is 4.82. The van der Waals surface area contributed by atoms with Crippen molar-refractivity contribution in [1.82, 2.24) is 9.97 Å². The van der Waals surface area contributed by atoms with Gasteiger partial charge in [0.1, 0.15) is 12.1 Å². The van der Waals surface area contributed by atoms with E-state index in [4.69, 9.17) is 5.11 Å². The molecule has 0 fully saturated rings. The van der Waals surface area contributed by atoms with Gasteiger partial charge in [0.25, 0.3) is 0 Å². The van der Waals surface area contributed by atoms with E-state index < -0.39 is 0 Å². The van der Waals surface area contributed by atoms with Gasteiger partial charge in [0.2, 0.25) is 0 Å². The third-order valence-corrected chi connectivity index (χ3v) is 2.56. The number of hydrogen-bond acceptors (Lipinski definition) is 5. The van der Waals surface area contributed by atoms with Crippen molar-refractivity contribution in [3.63, 3.8) is 0 Å². The highest BCUT2D eigenvalue weighted by Gasteiger charge is 2.02. The Morgan fingerprint density at radius 2 is 2.38 bits per heavy atom. The first-order chi connectivity index (χ1) is 6.42. The zero-order valence-corrected chi connectivity index (χ0v) is 7.71. The molecule has 4 nitrogen and oxygen atoms in total. The third-order valence-electron chi connectivity index (χ3n) is 1.65. The second-order valence-corrected chi connectivity index (χ2v) is 3.42. The summed E-state index contributed by atoms with van der Waals surface area (Å²) in [6.45, 7) is 0.626. The Morgan fingerprint density at radius 3 is 3.23 bits per heavy atom. The number of aliphatic hydroxyl groups excluding tert-OH is 1. The fraction of sp³-hybridized carbons (Fsp3) is 0.250. The lowest BCUT2D eigenvalue weighted by Crippen LogP contribution is -2.06. The highest BCUT2D eigenvalue weighted by atomic mass is 32.1. The number of nitrogens with zero attached hydrogens (tertiary/aromatic N) is 2. The van der Waals surface area contributed by atoms with E-state index in [2.05, 4.69) is 15.3 Å². The second-order valence-electron chi connectivity index (χ2n) is 2.51. The number of fused-ring (bicyclic) bond motifs is 1. The van der Waals surface area contributed by atoms with Gasteiger partial charge in [-0.1, -0.05) is 0 Å². The molecule has 0 aliphatic rings. The number of aromatic nitrogens is 2. The van der Waals surface area contributed by atoms with Crippen LogP contribution in [0.4, 0.5) is 5.82 Å². The highest BCUT2D eigenvalue weighted by Crippen LogP contribution is 2.24. The summed E-state index contributed by atoms with van der Waals surface area (Å²) in [5.41, 5.74) is 0.945. The molecular weight excluding hydrogens is 186 g/mol. The summed E-state index contributed by atoms with van der Waals surface area (Å²) in [7, 11) is 0. The fourth-order valence-electron chi connectivity index (χ4n) is 1.09. The van der Waals surface area contributed by atoms with Gasteiger partial charge in [-0.15, -0.1) is 11.3 Å². The standard InChI is InChI=1S/C8H9N3OS/c12-3-2-9-8-7-6(1-4-13-7)10-5-11-8/h1,4-5,12H,2-3H2,(H,9,10,11). The largest absolute Gasteiger partial charge is 0.395 e. The molecule has 0 aliphatic carbocycles. The zero-order chi connectivity index (χ0) is 9.10. The van der Waals surface area contributed by atoms with Crippen molar-refractivity contribution < 1.29 is 5.11 Å². The van der Waals surface area contributed by atoms with Crippen LogP contribution in [-0.4, -0.2) is 28.2 Å². The zero-order valence-electron chi connectivity index (χ0n) is 6.90. The van der Waals surface area contributed by atoms with Crippen molar-refractivity contribution in [2.24, 2.45) is 0 Å². The van der Waals surface area contributed by atoms with E-state index in [1.54, 1.807) is 11.3 Å². The molecule has 2 aromatic rings. The Balaban J connectivity index is 2.37. The minimum atomic E-state index is 0.108. The fourth-order valence-corrected chi connectivity index (χ4v) is 1.90. The summed E-state index contributed by atoms with van der Waals surface area (Å²) in [5.74, 6) is 0.800. The van der Waals surface area contributed by atoms with E-state index in [-0.39, 0.29) is 6.61 Å². The molecule has 0 aromatic carbocycles. The Bertz CT molecular complexity index is 401. The van der Waals surface area contributed by atoms with E-state index in [1.807, 2.05) is 11.4 Å². The molecule has 13 heavy (non-hydrogen) atoms. The quantitative estimate of drug-likeness (QED) is 0.770. The minimum Gasteiger partial charge on any atom is -0.395 e. The Hall–Kier alpha value is -1.20. The van der Waals surface area contributed by atoms with Gasteiger partial charge in [0, 0.05) is 6.54 Å². The van der Waals surface area contributed by atoms with Crippen LogP contribution < -0.4 is 5.32 Å². The van der Waals surface area contributed by atoms with Crippen LogP contribution in [0.5, 0.6) is 0 Å². The number of anilines is 1. The molecule has 0 unspecified atom stereocenters. The van der Waals surface area contributed by atoms with Crippen molar-refractivity contribution in [3.05, 3.63) is 17.8 Å². The van der Waals surface area contributed by atoms with Crippen LogP contribution in [0.3, 0.4) is 0 Å². The minimum absolute atomic E-state index is 0.108. The van der Waals surface area contributed by atoms with Crippen LogP contribution in [0.2, 0.25) is 0 Å². The number of nitrogens with one attached hydrogen (secondary N) is 1. The van der Waals surface area contributed by atoms with Crippen molar-refractivity contribution >= 4 is 27.4 Å². The van der Waals surface area contributed by atoms with Crippen LogP contribution in [0.15, 0.2) is 17.8 Å². The molecule has 2 aromatic heterocycles. The molecule has 68 valence electrons. The van der Waals surface area contributed by atoms with Gasteiger partial charge in [0.15, 0.2) is 0 Å². The maximum absolute atomic E-state index is 8.65. The molecule has 0 radical (unpaired) electrons. The van der Waals surface area contributed by atoms with Gasteiger partial charge < -0.3 is 10.4 Å². The van der Waals surface area contributed by atoms with Crippen LogP contribution in [0.1, 0.15) is 0 Å². The molecule has 0 saturated heterocycles. The van der Waals surface area contributed by atoms with Gasteiger partial charge >= 0.3 is 0 Å². The predicted molar refractivity (Wildman–Crippen MR) is 53.0 cm³/mol. The van der Waals surface area contributed by atoms with Crippen molar-refractivity contribution in [2.45, 2.75) is 0 Å². The van der Waals surface area contributed by atoms with E-state index in [9.17, 15) is 0 Å². The summed E-state index contributed by atoms with van der Waals surface area (Å²) in [4.78, 5) is 8.20. The number of hydrogen-bond donors (Lipinski definition) is 2. The van der Waals surface area contributed by atoms with Gasteiger partial charge in [-0.25, -0.2) is 9.97 Å². The normalized spacial score (nSPS) is 10.5. The monoisotopic (exact) mass is 195 g/mol. The molecule has 0 saturated carbocycles. The maximum Gasteiger partial charge on any atom is 0.147 e. The molecular formula is C8H9N3OS. The SMILES string of the molecule is OCCNc1ncnc2ccsc12. The molecule has 0 bridgehead atoms.